The minimum absolute atomic E-state index is 0.122. The Morgan fingerprint density at radius 1 is 1.03 bits per heavy atom. The van der Waals surface area contributed by atoms with E-state index < -0.39 is 21.7 Å². The lowest BCUT2D eigenvalue weighted by atomic mass is 10.1. The number of nitrogens with zero attached hydrogens (tertiary/aromatic N) is 2. The van der Waals surface area contributed by atoms with Crippen LogP contribution in [-0.2, 0) is 30.7 Å². The highest BCUT2D eigenvalue weighted by Crippen LogP contribution is 2.38. The maximum atomic E-state index is 12.7. The predicted molar refractivity (Wildman–Crippen MR) is 131 cm³/mol. The number of thiazole rings is 1. The van der Waals surface area contributed by atoms with Crippen molar-refractivity contribution in [3.05, 3.63) is 46.8 Å². The Labute approximate surface area is 205 Å². The van der Waals surface area contributed by atoms with Gasteiger partial charge in [0.2, 0.25) is 5.75 Å². The van der Waals surface area contributed by atoms with Crippen molar-refractivity contribution >= 4 is 49.3 Å². The molecule has 3 aromatic rings. The predicted octanol–water partition coefficient (Wildman–Crippen LogP) is 2.45. The van der Waals surface area contributed by atoms with Crippen LogP contribution in [0, 0.1) is 0 Å². The Balaban J connectivity index is 2.05. The highest BCUT2D eigenvalue weighted by molar-refractivity contribution is 7.90. The Morgan fingerprint density at radius 3 is 2.23 bits per heavy atom. The van der Waals surface area contributed by atoms with Crippen molar-refractivity contribution in [3.8, 4) is 17.2 Å². The summed E-state index contributed by atoms with van der Waals surface area (Å²) in [4.78, 5) is 29.1. The summed E-state index contributed by atoms with van der Waals surface area (Å²) in [7, 11) is 2.28. The first-order valence-corrected chi connectivity index (χ1v) is 12.8. The monoisotopic (exact) mass is 520 g/mol. The minimum Gasteiger partial charge on any atom is -0.493 e. The molecule has 0 bridgehead atoms. The maximum Gasteiger partial charge on any atom is 0.325 e. The third-order valence-electron chi connectivity index (χ3n) is 4.91. The van der Waals surface area contributed by atoms with Gasteiger partial charge in [-0.15, -0.1) is 0 Å². The fourth-order valence-electron chi connectivity index (χ4n) is 3.21. The molecule has 0 saturated heterocycles. The standard InChI is InChI=1S/C23H24N2O8S2/c1-30-17-10-14(11-18(31-2)22(17)33-4)6-9-20(26)24-23-25(13-21(27)32-3)16-8-7-15(35(5,28)29)12-19(16)34-23/h6-12H,13H2,1-5H3. The number of esters is 1. The number of methoxy groups -OCH3 is 4. The van der Waals surface area contributed by atoms with Crippen LogP contribution in [0.2, 0.25) is 0 Å². The topological polar surface area (TPSA) is 122 Å². The number of sulfone groups is 1. The molecular weight excluding hydrogens is 496 g/mol. The largest absolute Gasteiger partial charge is 0.493 e. The molecule has 0 N–H and O–H groups in total. The molecular formula is C23H24N2O8S2. The first kappa shape index (κ1) is 26.0. The molecule has 0 fully saturated rings. The van der Waals surface area contributed by atoms with E-state index in [1.54, 1.807) is 18.2 Å². The van der Waals surface area contributed by atoms with Gasteiger partial charge < -0.3 is 23.5 Å². The molecule has 10 nitrogen and oxygen atoms in total. The van der Waals surface area contributed by atoms with Crippen LogP contribution in [0.4, 0.5) is 0 Å². The number of aromatic nitrogens is 1. The second-order valence-corrected chi connectivity index (χ2v) is 10.2. The lowest BCUT2D eigenvalue weighted by Gasteiger charge is -2.12. The van der Waals surface area contributed by atoms with Crippen LogP contribution >= 0.6 is 11.3 Å². The fraction of sp³-hybridized carbons (Fsp3) is 0.261. The van der Waals surface area contributed by atoms with Crippen molar-refractivity contribution in [3.63, 3.8) is 0 Å². The van der Waals surface area contributed by atoms with Gasteiger partial charge in [0.05, 0.1) is 43.6 Å². The quantitative estimate of drug-likeness (QED) is 0.328. The normalized spacial score (nSPS) is 12.2. The van der Waals surface area contributed by atoms with E-state index in [-0.39, 0.29) is 16.2 Å². The van der Waals surface area contributed by atoms with E-state index in [0.29, 0.717) is 33.0 Å². The summed E-state index contributed by atoms with van der Waals surface area (Å²) in [5.74, 6) is 0.146. The van der Waals surface area contributed by atoms with Crippen molar-refractivity contribution < 1.29 is 37.0 Å². The molecule has 0 radical (unpaired) electrons. The smallest absolute Gasteiger partial charge is 0.325 e. The number of fused-ring (bicyclic) bond motifs is 1. The van der Waals surface area contributed by atoms with Gasteiger partial charge in [-0.05, 0) is 42.0 Å². The highest BCUT2D eigenvalue weighted by Gasteiger charge is 2.15. The second-order valence-electron chi connectivity index (χ2n) is 7.19. The van der Waals surface area contributed by atoms with E-state index in [1.807, 2.05) is 0 Å². The van der Waals surface area contributed by atoms with E-state index in [9.17, 15) is 18.0 Å². The molecule has 35 heavy (non-hydrogen) atoms. The summed E-state index contributed by atoms with van der Waals surface area (Å²) >= 11 is 1.09. The van der Waals surface area contributed by atoms with Crippen LogP contribution < -0.4 is 19.0 Å². The zero-order valence-corrected chi connectivity index (χ0v) is 21.4. The van der Waals surface area contributed by atoms with Gasteiger partial charge in [0.1, 0.15) is 6.54 Å². The van der Waals surface area contributed by atoms with Crippen LogP contribution in [0.25, 0.3) is 16.3 Å². The lowest BCUT2D eigenvalue weighted by Crippen LogP contribution is -2.22. The molecule has 0 atom stereocenters. The maximum absolute atomic E-state index is 12.7. The Bertz CT molecular complexity index is 1460. The van der Waals surface area contributed by atoms with E-state index >= 15 is 0 Å². The van der Waals surface area contributed by atoms with Gasteiger partial charge in [0.25, 0.3) is 5.91 Å². The molecule has 186 valence electrons. The van der Waals surface area contributed by atoms with Crippen LogP contribution in [-0.4, -0.2) is 59.6 Å². The van der Waals surface area contributed by atoms with Crippen molar-refractivity contribution in [2.45, 2.75) is 11.4 Å². The Hall–Kier alpha value is -3.64. The molecule has 1 aromatic heterocycles. The molecule has 3 rings (SSSR count). The molecule has 2 aromatic carbocycles. The number of benzene rings is 2. The molecule has 0 unspecified atom stereocenters. The average molecular weight is 521 g/mol. The van der Waals surface area contributed by atoms with Gasteiger partial charge in [-0.25, -0.2) is 8.42 Å². The van der Waals surface area contributed by atoms with Gasteiger partial charge in [-0.2, -0.15) is 4.99 Å². The molecule has 0 aliphatic heterocycles. The highest BCUT2D eigenvalue weighted by atomic mass is 32.2. The van der Waals surface area contributed by atoms with Crippen LogP contribution in [0.15, 0.2) is 46.3 Å². The van der Waals surface area contributed by atoms with Crippen molar-refractivity contribution in [2.24, 2.45) is 4.99 Å². The lowest BCUT2D eigenvalue weighted by molar-refractivity contribution is -0.141. The second kappa shape index (κ2) is 10.7. The Morgan fingerprint density at radius 2 is 1.69 bits per heavy atom. The van der Waals surface area contributed by atoms with Crippen molar-refractivity contribution in [1.29, 1.82) is 0 Å². The summed E-state index contributed by atoms with van der Waals surface area (Å²) in [6, 6.07) is 7.84. The minimum atomic E-state index is -3.44. The first-order chi connectivity index (χ1) is 16.6. The molecule has 0 spiro atoms. The molecule has 0 aliphatic carbocycles. The SMILES string of the molecule is COC(=O)Cn1c(=NC(=O)C=Cc2cc(OC)c(OC)c(OC)c2)sc2cc(S(C)(=O)=O)ccc21. The summed E-state index contributed by atoms with van der Waals surface area (Å²) < 4.78 is 46.6. The van der Waals surface area contributed by atoms with Gasteiger partial charge >= 0.3 is 5.97 Å². The molecule has 1 heterocycles. The summed E-state index contributed by atoms with van der Waals surface area (Å²) in [5.41, 5.74) is 1.16. The van der Waals surface area contributed by atoms with Gasteiger partial charge in [0, 0.05) is 12.3 Å². The van der Waals surface area contributed by atoms with E-state index in [0.717, 1.165) is 17.6 Å². The van der Waals surface area contributed by atoms with Crippen molar-refractivity contribution in [2.75, 3.05) is 34.7 Å². The number of carbonyl (C=O) groups excluding carboxylic acids is 2. The fourth-order valence-corrected chi connectivity index (χ4v) is 5.01. The van der Waals surface area contributed by atoms with E-state index in [1.165, 1.54) is 57.3 Å². The Kier molecular flexibility index (Phi) is 7.97. The number of carbonyl (C=O) groups is 2. The van der Waals surface area contributed by atoms with Crippen LogP contribution in [0.3, 0.4) is 0 Å². The molecule has 12 heteroatoms. The zero-order valence-electron chi connectivity index (χ0n) is 19.7. The van der Waals surface area contributed by atoms with Crippen LogP contribution in [0.1, 0.15) is 5.56 Å². The molecule has 1 amide bonds. The van der Waals surface area contributed by atoms with Crippen LogP contribution in [0.5, 0.6) is 17.2 Å². The van der Waals surface area contributed by atoms with E-state index in [2.05, 4.69) is 4.99 Å². The van der Waals surface area contributed by atoms with Gasteiger partial charge in [-0.3, -0.25) is 9.59 Å². The first-order valence-electron chi connectivity index (χ1n) is 10.1. The number of amides is 1. The summed E-state index contributed by atoms with van der Waals surface area (Å²) in [6.07, 6.45) is 3.90. The van der Waals surface area contributed by atoms with Gasteiger partial charge in [-0.1, -0.05) is 11.3 Å². The third kappa shape index (κ3) is 5.89. The van der Waals surface area contributed by atoms with Crippen molar-refractivity contribution in [1.82, 2.24) is 4.57 Å². The zero-order chi connectivity index (χ0) is 25.8. The van der Waals surface area contributed by atoms with E-state index in [4.69, 9.17) is 18.9 Å². The summed E-state index contributed by atoms with van der Waals surface area (Å²) in [5, 5.41) is 0. The average Bonchev–Trinajstić information content (AvgIpc) is 3.16. The molecule has 0 saturated carbocycles. The number of hydrogen-bond acceptors (Lipinski definition) is 9. The number of ether oxygens (including phenoxy) is 4. The number of hydrogen-bond donors (Lipinski definition) is 0. The molecule has 0 aliphatic rings. The van der Waals surface area contributed by atoms with Gasteiger partial charge in [0.15, 0.2) is 26.1 Å². The number of rotatable bonds is 8. The summed E-state index contributed by atoms with van der Waals surface area (Å²) in [6.45, 7) is -0.197. The third-order valence-corrected chi connectivity index (χ3v) is 7.06.